The van der Waals surface area contributed by atoms with Gasteiger partial charge in [-0.3, -0.25) is 0 Å². The standard InChI is InChI=1S/C7H6ClN5S2/c1-3-11-7(15-13-3)14-5-4(8)2-10-6(9)12-5/h2H,1H3,(H2,9,10,12). The van der Waals surface area contributed by atoms with Crippen LogP contribution in [0.15, 0.2) is 15.6 Å². The summed E-state index contributed by atoms with van der Waals surface area (Å²) in [4.78, 5) is 12.0. The van der Waals surface area contributed by atoms with Crippen LogP contribution in [0.1, 0.15) is 5.82 Å². The van der Waals surface area contributed by atoms with Crippen molar-refractivity contribution >= 4 is 40.8 Å². The maximum Gasteiger partial charge on any atom is 0.221 e. The number of rotatable bonds is 2. The van der Waals surface area contributed by atoms with E-state index in [0.29, 0.717) is 10.0 Å². The second-order valence-corrected chi connectivity index (χ2v) is 4.99. The molecule has 2 N–H and O–H groups in total. The summed E-state index contributed by atoms with van der Waals surface area (Å²) in [6, 6.07) is 0. The van der Waals surface area contributed by atoms with Gasteiger partial charge in [0.15, 0.2) is 4.34 Å². The minimum absolute atomic E-state index is 0.197. The lowest BCUT2D eigenvalue weighted by Gasteiger charge is -1.99. The summed E-state index contributed by atoms with van der Waals surface area (Å²) in [5.74, 6) is 0.934. The fourth-order valence-electron chi connectivity index (χ4n) is 0.838. The van der Waals surface area contributed by atoms with Crippen molar-refractivity contribution in [1.82, 2.24) is 19.3 Å². The molecular formula is C7H6ClN5S2. The third-order valence-electron chi connectivity index (χ3n) is 1.42. The molecule has 0 aliphatic carbocycles. The van der Waals surface area contributed by atoms with E-state index in [0.717, 1.165) is 10.2 Å². The molecule has 0 aliphatic rings. The van der Waals surface area contributed by atoms with Gasteiger partial charge in [-0.05, 0) is 30.2 Å². The molecule has 2 aromatic heterocycles. The Hall–Kier alpha value is -0.920. The number of anilines is 1. The van der Waals surface area contributed by atoms with Crippen molar-refractivity contribution in [2.75, 3.05) is 5.73 Å². The van der Waals surface area contributed by atoms with Gasteiger partial charge < -0.3 is 5.73 Å². The zero-order chi connectivity index (χ0) is 10.8. The number of halogens is 1. The minimum atomic E-state index is 0.197. The minimum Gasteiger partial charge on any atom is -0.368 e. The van der Waals surface area contributed by atoms with Gasteiger partial charge in [0.2, 0.25) is 5.95 Å². The number of aryl methyl sites for hydroxylation is 1. The summed E-state index contributed by atoms with van der Waals surface area (Å²) in [6.45, 7) is 1.83. The molecule has 0 amide bonds. The van der Waals surface area contributed by atoms with Crippen LogP contribution in [0.25, 0.3) is 0 Å². The summed E-state index contributed by atoms with van der Waals surface area (Å²) in [6.07, 6.45) is 1.47. The second-order valence-electron chi connectivity index (χ2n) is 2.59. The zero-order valence-corrected chi connectivity index (χ0v) is 10.0. The van der Waals surface area contributed by atoms with Crippen LogP contribution in [0.4, 0.5) is 5.95 Å². The molecule has 0 bridgehead atoms. The first-order valence-electron chi connectivity index (χ1n) is 3.91. The summed E-state index contributed by atoms with van der Waals surface area (Å²) < 4.78 is 4.84. The van der Waals surface area contributed by atoms with Gasteiger partial charge in [-0.15, -0.1) is 0 Å². The lowest BCUT2D eigenvalue weighted by molar-refractivity contribution is 1.05. The van der Waals surface area contributed by atoms with Crippen molar-refractivity contribution in [3.63, 3.8) is 0 Å². The van der Waals surface area contributed by atoms with Gasteiger partial charge in [0.1, 0.15) is 10.9 Å². The van der Waals surface area contributed by atoms with E-state index in [9.17, 15) is 0 Å². The second kappa shape index (κ2) is 4.30. The molecule has 0 aromatic carbocycles. The smallest absolute Gasteiger partial charge is 0.221 e. The molecule has 15 heavy (non-hydrogen) atoms. The number of hydrogen-bond acceptors (Lipinski definition) is 7. The molecule has 2 heterocycles. The molecule has 78 valence electrons. The Morgan fingerprint density at radius 3 is 2.93 bits per heavy atom. The van der Waals surface area contributed by atoms with Crippen molar-refractivity contribution < 1.29 is 0 Å². The van der Waals surface area contributed by atoms with Crippen LogP contribution >= 0.6 is 34.9 Å². The van der Waals surface area contributed by atoms with E-state index < -0.39 is 0 Å². The Balaban J connectivity index is 2.27. The molecule has 5 nitrogen and oxygen atoms in total. The van der Waals surface area contributed by atoms with E-state index in [4.69, 9.17) is 17.3 Å². The van der Waals surface area contributed by atoms with Crippen LogP contribution in [-0.2, 0) is 0 Å². The predicted molar refractivity (Wildman–Crippen MR) is 60.2 cm³/mol. The average molecular weight is 260 g/mol. The number of nitrogen functional groups attached to an aromatic ring is 1. The predicted octanol–water partition coefficient (Wildman–Crippen LogP) is 2.02. The third-order valence-corrected chi connectivity index (χ3v) is 3.66. The van der Waals surface area contributed by atoms with E-state index in [1.807, 2.05) is 6.92 Å². The SMILES string of the molecule is Cc1nsc(Sc2nc(N)ncc2Cl)n1. The van der Waals surface area contributed by atoms with Gasteiger partial charge in [0.05, 0.1) is 11.2 Å². The maximum atomic E-state index is 5.91. The van der Waals surface area contributed by atoms with E-state index in [-0.39, 0.29) is 5.95 Å². The molecule has 0 aliphatic heterocycles. The highest BCUT2D eigenvalue weighted by molar-refractivity contribution is 8.01. The van der Waals surface area contributed by atoms with Crippen LogP contribution in [0.5, 0.6) is 0 Å². The van der Waals surface area contributed by atoms with Gasteiger partial charge in [-0.1, -0.05) is 11.6 Å². The molecule has 2 aromatic rings. The Labute approximate surface area is 99.3 Å². The highest BCUT2D eigenvalue weighted by Crippen LogP contribution is 2.32. The number of aromatic nitrogens is 4. The normalized spacial score (nSPS) is 10.5. The number of nitrogens with zero attached hydrogens (tertiary/aromatic N) is 4. The lowest BCUT2D eigenvalue weighted by Crippen LogP contribution is -1.95. The average Bonchev–Trinajstić information content (AvgIpc) is 2.58. The highest BCUT2D eigenvalue weighted by atomic mass is 35.5. The van der Waals surface area contributed by atoms with E-state index in [1.54, 1.807) is 0 Å². The Morgan fingerprint density at radius 2 is 2.27 bits per heavy atom. The molecule has 0 saturated carbocycles. The van der Waals surface area contributed by atoms with Crippen molar-refractivity contribution in [3.8, 4) is 0 Å². The molecule has 0 unspecified atom stereocenters. The van der Waals surface area contributed by atoms with Crippen molar-refractivity contribution in [2.45, 2.75) is 16.3 Å². The largest absolute Gasteiger partial charge is 0.368 e. The fraction of sp³-hybridized carbons (Fsp3) is 0.143. The van der Waals surface area contributed by atoms with E-state index in [2.05, 4.69) is 19.3 Å². The summed E-state index contributed by atoms with van der Waals surface area (Å²) >= 11 is 8.54. The van der Waals surface area contributed by atoms with Gasteiger partial charge in [0, 0.05) is 0 Å². The van der Waals surface area contributed by atoms with Crippen LogP contribution in [-0.4, -0.2) is 19.3 Å². The van der Waals surface area contributed by atoms with Crippen LogP contribution in [0.2, 0.25) is 5.02 Å². The first-order valence-corrected chi connectivity index (χ1v) is 5.88. The van der Waals surface area contributed by atoms with Gasteiger partial charge in [0.25, 0.3) is 0 Å². The topological polar surface area (TPSA) is 77.6 Å². The molecule has 0 spiro atoms. The first kappa shape index (κ1) is 10.6. The third kappa shape index (κ3) is 2.55. The monoisotopic (exact) mass is 259 g/mol. The molecule has 8 heteroatoms. The summed E-state index contributed by atoms with van der Waals surface area (Å²) in [7, 11) is 0. The molecule has 0 fully saturated rings. The molecular weight excluding hydrogens is 254 g/mol. The van der Waals surface area contributed by atoms with Crippen LogP contribution in [0, 0.1) is 6.92 Å². The highest BCUT2D eigenvalue weighted by Gasteiger charge is 2.09. The van der Waals surface area contributed by atoms with Crippen LogP contribution < -0.4 is 5.73 Å². The molecule has 0 radical (unpaired) electrons. The van der Waals surface area contributed by atoms with Crippen LogP contribution in [0.3, 0.4) is 0 Å². The quantitative estimate of drug-likeness (QED) is 0.832. The van der Waals surface area contributed by atoms with Gasteiger partial charge in [-0.2, -0.15) is 4.37 Å². The number of hydrogen-bond donors (Lipinski definition) is 1. The van der Waals surface area contributed by atoms with Crippen molar-refractivity contribution in [1.29, 1.82) is 0 Å². The fourth-order valence-corrected chi connectivity index (χ4v) is 2.60. The molecule has 2 rings (SSSR count). The van der Waals surface area contributed by atoms with Crippen molar-refractivity contribution in [3.05, 3.63) is 17.0 Å². The molecule has 0 saturated heterocycles. The Kier molecular flexibility index (Phi) is 3.03. The first-order chi connectivity index (χ1) is 7.15. The van der Waals surface area contributed by atoms with Gasteiger partial charge in [-0.25, -0.2) is 15.0 Å². The van der Waals surface area contributed by atoms with E-state index in [1.165, 1.54) is 29.5 Å². The van der Waals surface area contributed by atoms with Gasteiger partial charge >= 0.3 is 0 Å². The number of nitrogens with two attached hydrogens (primary N) is 1. The Bertz CT molecular complexity index is 486. The summed E-state index contributed by atoms with van der Waals surface area (Å²) in [5, 5.41) is 1.06. The lowest BCUT2D eigenvalue weighted by atomic mass is 10.7. The summed E-state index contributed by atoms with van der Waals surface area (Å²) in [5.41, 5.74) is 5.46. The zero-order valence-electron chi connectivity index (χ0n) is 7.64. The van der Waals surface area contributed by atoms with E-state index >= 15 is 0 Å². The van der Waals surface area contributed by atoms with Crippen molar-refractivity contribution in [2.24, 2.45) is 0 Å². The Morgan fingerprint density at radius 1 is 1.47 bits per heavy atom. The molecule has 0 atom stereocenters. The maximum absolute atomic E-state index is 5.91.